The average molecular weight is 246 g/mol. The minimum Gasteiger partial charge on any atom is -0.330 e. The maximum Gasteiger partial charge on any atom is 0.0452 e. The maximum atomic E-state index is 6.09. The van der Waals surface area contributed by atoms with Gasteiger partial charge in [-0.3, -0.25) is 0 Å². The number of halogens is 2. The largest absolute Gasteiger partial charge is 0.330 e. The first-order chi connectivity index (χ1) is 6.94. The molecule has 1 aromatic rings. The molecule has 0 radical (unpaired) electrons. The Kier molecular flexibility index (Phi) is 4.45. The van der Waals surface area contributed by atoms with Crippen LogP contribution in [0.15, 0.2) is 18.2 Å². The van der Waals surface area contributed by atoms with E-state index >= 15 is 0 Å². The van der Waals surface area contributed by atoms with Crippen LogP contribution >= 0.6 is 23.2 Å². The first-order valence-electron chi connectivity index (χ1n) is 5.08. The predicted molar refractivity (Wildman–Crippen MR) is 67.6 cm³/mol. The molecular weight excluding hydrogens is 229 g/mol. The van der Waals surface area contributed by atoms with E-state index in [2.05, 4.69) is 13.8 Å². The molecule has 1 nitrogen and oxygen atoms in total. The number of nitrogens with two attached hydrogens (primary N) is 1. The molecule has 0 saturated heterocycles. The van der Waals surface area contributed by atoms with Crippen LogP contribution in [0.5, 0.6) is 0 Å². The van der Waals surface area contributed by atoms with Crippen molar-refractivity contribution in [2.24, 2.45) is 11.1 Å². The van der Waals surface area contributed by atoms with Crippen LogP contribution in [0.1, 0.15) is 25.8 Å². The van der Waals surface area contributed by atoms with Crippen LogP contribution in [0, 0.1) is 5.41 Å². The Labute approximate surface area is 102 Å². The second-order valence-corrected chi connectivity index (χ2v) is 5.45. The molecule has 0 fully saturated rings. The summed E-state index contributed by atoms with van der Waals surface area (Å²) in [5.41, 5.74) is 6.99. The zero-order chi connectivity index (χ0) is 11.5. The van der Waals surface area contributed by atoms with Gasteiger partial charge in [-0.15, -0.1) is 0 Å². The van der Waals surface area contributed by atoms with Crippen LogP contribution in [-0.4, -0.2) is 6.54 Å². The first kappa shape index (κ1) is 12.8. The zero-order valence-corrected chi connectivity index (χ0v) is 10.7. The lowest BCUT2D eigenvalue weighted by molar-refractivity contribution is 0.348. The smallest absolute Gasteiger partial charge is 0.0452 e. The van der Waals surface area contributed by atoms with Gasteiger partial charge in [-0.25, -0.2) is 0 Å². The lowest BCUT2D eigenvalue weighted by Gasteiger charge is -2.22. The van der Waals surface area contributed by atoms with Gasteiger partial charge in [-0.1, -0.05) is 43.1 Å². The third kappa shape index (κ3) is 4.02. The van der Waals surface area contributed by atoms with E-state index in [4.69, 9.17) is 28.9 Å². The van der Waals surface area contributed by atoms with E-state index in [1.54, 1.807) is 6.07 Å². The van der Waals surface area contributed by atoms with E-state index in [-0.39, 0.29) is 5.41 Å². The van der Waals surface area contributed by atoms with Gasteiger partial charge in [-0.2, -0.15) is 0 Å². The summed E-state index contributed by atoms with van der Waals surface area (Å²) in [6.45, 7) is 5.02. The molecular formula is C12H17Cl2N. The van der Waals surface area contributed by atoms with Gasteiger partial charge in [0.25, 0.3) is 0 Å². The standard InChI is InChI=1S/C12H17Cl2N/c1-12(2,8-15)6-5-9-3-4-10(13)7-11(9)14/h3-4,7H,5-6,8,15H2,1-2H3. The second kappa shape index (κ2) is 5.20. The van der Waals surface area contributed by atoms with Crippen molar-refractivity contribution in [3.8, 4) is 0 Å². The summed E-state index contributed by atoms with van der Waals surface area (Å²) in [6.07, 6.45) is 1.98. The highest BCUT2D eigenvalue weighted by Crippen LogP contribution is 2.26. The summed E-state index contributed by atoms with van der Waals surface area (Å²) < 4.78 is 0. The van der Waals surface area contributed by atoms with E-state index in [1.807, 2.05) is 12.1 Å². The summed E-state index contributed by atoms with van der Waals surface area (Å²) >= 11 is 11.9. The van der Waals surface area contributed by atoms with Gasteiger partial charge < -0.3 is 5.73 Å². The fourth-order valence-corrected chi connectivity index (χ4v) is 1.80. The van der Waals surface area contributed by atoms with Crippen molar-refractivity contribution in [1.29, 1.82) is 0 Å². The molecule has 15 heavy (non-hydrogen) atoms. The highest BCUT2D eigenvalue weighted by molar-refractivity contribution is 6.35. The molecule has 0 aliphatic heterocycles. The molecule has 0 saturated carbocycles. The number of hydrogen-bond acceptors (Lipinski definition) is 1. The number of hydrogen-bond donors (Lipinski definition) is 1. The highest BCUT2D eigenvalue weighted by atomic mass is 35.5. The molecule has 0 heterocycles. The molecule has 3 heteroatoms. The maximum absolute atomic E-state index is 6.09. The van der Waals surface area contributed by atoms with Gasteiger partial charge in [0.05, 0.1) is 0 Å². The van der Waals surface area contributed by atoms with Crippen molar-refractivity contribution >= 4 is 23.2 Å². The molecule has 2 N–H and O–H groups in total. The number of aryl methyl sites for hydroxylation is 1. The van der Waals surface area contributed by atoms with Crippen LogP contribution < -0.4 is 5.73 Å². The average Bonchev–Trinajstić information content (AvgIpc) is 2.16. The Balaban J connectivity index is 2.66. The molecule has 0 atom stereocenters. The van der Waals surface area contributed by atoms with E-state index < -0.39 is 0 Å². The minimum absolute atomic E-state index is 0.170. The van der Waals surface area contributed by atoms with Crippen LogP contribution in [-0.2, 0) is 6.42 Å². The van der Waals surface area contributed by atoms with Crippen molar-refractivity contribution < 1.29 is 0 Å². The van der Waals surface area contributed by atoms with Gasteiger partial charge in [0.2, 0.25) is 0 Å². The number of benzene rings is 1. The minimum atomic E-state index is 0.170. The second-order valence-electron chi connectivity index (χ2n) is 4.60. The fraction of sp³-hybridized carbons (Fsp3) is 0.500. The Hall–Kier alpha value is -0.240. The third-order valence-electron chi connectivity index (χ3n) is 2.64. The molecule has 1 aromatic carbocycles. The van der Waals surface area contributed by atoms with Gasteiger partial charge in [0, 0.05) is 10.0 Å². The molecule has 0 spiro atoms. The summed E-state index contributed by atoms with van der Waals surface area (Å²) in [5.74, 6) is 0. The summed E-state index contributed by atoms with van der Waals surface area (Å²) in [6, 6.07) is 5.64. The van der Waals surface area contributed by atoms with Crippen molar-refractivity contribution in [3.05, 3.63) is 33.8 Å². The van der Waals surface area contributed by atoms with Crippen molar-refractivity contribution in [3.63, 3.8) is 0 Å². The Morgan fingerprint density at radius 2 is 1.93 bits per heavy atom. The van der Waals surface area contributed by atoms with Gasteiger partial charge in [0.15, 0.2) is 0 Å². The van der Waals surface area contributed by atoms with Gasteiger partial charge >= 0.3 is 0 Å². The topological polar surface area (TPSA) is 26.0 Å². The van der Waals surface area contributed by atoms with Crippen LogP contribution in [0.25, 0.3) is 0 Å². The Morgan fingerprint density at radius 3 is 2.47 bits per heavy atom. The molecule has 0 bridgehead atoms. The molecule has 0 unspecified atom stereocenters. The van der Waals surface area contributed by atoms with Gasteiger partial charge in [0.1, 0.15) is 0 Å². The first-order valence-corrected chi connectivity index (χ1v) is 5.84. The monoisotopic (exact) mass is 245 g/mol. The fourth-order valence-electron chi connectivity index (χ4n) is 1.30. The van der Waals surface area contributed by atoms with E-state index in [0.717, 1.165) is 23.4 Å². The van der Waals surface area contributed by atoms with Crippen LogP contribution in [0.4, 0.5) is 0 Å². The predicted octanol–water partition coefficient (Wildman–Crippen LogP) is 3.91. The molecule has 84 valence electrons. The number of rotatable bonds is 4. The Morgan fingerprint density at radius 1 is 1.27 bits per heavy atom. The quantitative estimate of drug-likeness (QED) is 0.856. The zero-order valence-electron chi connectivity index (χ0n) is 9.19. The Bertz CT molecular complexity index is 334. The normalized spacial score (nSPS) is 11.8. The van der Waals surface area contributed by atoms with Crippen LogP contribution in [0.3, 0.4) is 0 Å². The van der Waals surface area contributed by atoms with E-state index in [9.17, 15) is 0 Å². The molecule has 0 aliphatic rings. The SMILES string of the molecule is CC(C)(CN)CCc1ccc(Cl)cc1Cl. The lowest BCUT2D eigenvalue weighted by Crippen LogP contribution is -2.24. The van der Waals surface area contributed by atoms with Crippen molar-refractivity contribution in [2.45, 2.75) is 26.7 Å². The van der Waals surface area contributed by atoms with E-state index in [0.29, 0.717) is 11.6 Å². The summed E-state index contributed by atoms with van der Waals surface area (Å²) in [7, 11) is 0. The summed E-state index contributed by atoms with van der Waals surface area (Å²) in [4.78, 5) is 0. The molecule has 0 amide bonds. The van der Waals surface area contributed by atoms with Gasteiger partial charge in [-0.05, 0) is 42.5 Å². The lowest BCUT2D eigenvalue weighted by atomic mass is 9.86. The molecule has 0 aliphatic carbocycles. The third-order valence-corrected chi connectivity index (χ3v) is 3.23. The highest BCUT2D eigenvalue weighted by Gasteiger charge is 2.15. The van der Waals surface area contributed by atoms with Crippen molar-refractivity contribution in [2.75, 3.05) is 6.54 Å². The summed E-state index contributed by atoms with van der Waals surface area (Å²) in [5, 5.41) is 1.43. The molecule has 0 aromatic heterocycles. The van der Waals surface area contributed by atoms with Crippen LogP contribution in [0.2, 0.25) is 10.0 Å². The van der Waals surface area contributed by atoms with E-state index in [1.165, 1.54) is 0 Å². The molecule has 1 rings (SSSR count). The van der Waals surface area contributed by atoms with Crippen molar-refractivity contribution in [1.82, 2.24) is 0 Å².